The predicted octanol–water partition coefficient (Wildman–Crippen LogP) is 5.08. The number of carbonyl (C=O) groups is 3. The van der Waals surface area contributed by atoms with E-state index in [1.54, 1.807) is 48.8 Å². The number of aromatic nitrogens is 3. The van der Waals surface area contributed by atoms with Gasteiger partial charge >= 0.3 is 6.09 Å². The number of aliphatic hydroxyl groups excluding tert-OH is 1. The number of aliphatic hydroxyl groups is 1. The summed E-state index contributed by atoms with van der Waals surface area (Å²) in [5, 5.41) is 19.6. The van der Waals surface area contributed by atoms with E-state index in [1.165, 1.54) is 7.11 Å². The molecule has 0 saturated carbocycles. The van der Waals surface area contributed by atoms with Crippen LogP contribution in [0.4, 0.5) is 16.2 Å². The maximum atomic E-state index is 13.2. The molecule has 2 heterocycles. The molecule has 6 N–H and O–H groups in total. The number of nitrogens with one attached hydrogen (secondary N) is 5. The molecule has 0 aliphatic carbocycles. The van der Waals surface area contributed by atoms with Gasteiger partial charge in [0.15, 0.2) is 0 Å². The van der Waals surface area contributed by atoms with E-state index in [1.807, 2.05) is 19.1 Å². The quantitative estimate of drug-likeness (QED) is 0.101. The van der Waals surface area contributed by atoms with E-state index >= 15 is 0 Å². The van der Waals surface area contributed by atoms with E-state index in [0.29, 0.717) is 52.7 Å². The fraction of sp³-hybridized carbons (Fsp3) is 0.241. The molecule has 0 spiro atoms. The lowest BCUT2D eigenvalue weighted by Crippen LogP contribution is -2.30. The second kappa shape index (κ2) is 13.6. The first-order valence-corrected chi connectivity index (χ1v) is 13.3. The van der Waals surface area contributed by atoms with Gasteiger partial charge in [0.25, 0.3) is 0 Å². The highest BCUT2D eigenvalue weighted by atomic mass is 35.5. The molecular formula is C29H31ClN6O5. The first-order chi connectivity index (χ1) is 19.8. The molecule has 3 amide bonds. The van der Waals surface area contributed by atoms with Crippen molar-refractivity contribution in [1.82, 2.24) is 20.3 Å². The summed E-state index contributed by atoms with van der Waals surface area (Å²) >= 11 is 6.16. The Morgan fingerprint density at radius 3 is 2.76 bits per heavy atom. The minimum absolute atomic E-state index is 0.119. The summed E-state index contributed by atoms with van der Waals surface area (Å²) in [4.78, 5) is 47.0. The Labute approximate surface area is 241 Å². The van der Waals surface area contributed by atoms with Crippen molar-refractivity contribution in [2.75, 3.05) is 17.7 Å². The van der Waals surface area contributed by atoms with Crippen molar-refractivity contribution in [3.63, 3.8) is 0 Å². The van der Waals surface area contributed by atoms with Crippen LogP contribution in [0.3, 0.4) is 0 Å². The largest absolute Gasteiger partial charge is 0.453 e. The van der Waals surface area contributed by atoms with Crippen LogP contribution in [-0.2, 0) is 20.7 Å². The van der Waals surface area contributed by atoms with Crippen LogP contribution in [0.1, 0.15) is 37.2 Å². The summed E-state index contributed by atoms with van der Waals surface area (Å²) in [7, 11) is 1.25. The summed E-state index contributed by atoms with van der Waals surface area (Å²) in [5.41, 5.74) is 3.62. The average Bonchev–Trinajstić information content (AvgIpc) is 3.60. The highest BCUT2D eigenvalue weighted by molar-refractivity contribution is 6.31. The lowest BCUT2D eigenvalue weighted by atomic mass is 10.1. The Morgan fingerprint density at radius 1 is 1.17 bits per heavy atom. The van der Waals surface area contributed by atoms with Crippen molar-refractivity contribution in [2.24, 2.45) is 0 Å². The Morgan fingerprint density at radius 2 is 2.00 bits per heavy atom. The topological polar surface area (TPSA) is 161 Å². The number of ether oxygens (including phenoxy) is 1. The van der Waals surface area contributed by atoms with Crippen LogP contribution < -0.4 is 16.0 Å². The van der Waals surface area contributed by atoms with Crippen molar-refractivity contribution in [3.8, 4) is 11.3 Å². The predicted molar refractivity (Wildman–Crippen MR) is 158 cm³/mol. The van der Waals surface area contributed by atoms with Gasteiger partial charge in [-0.2, -0.15) is 0 Å². The molecule has 41 heavy (non-hydrogen) atoms. The van der Waals surface area contributed by atoms with Crippen molar-refractivity contribution in [3.05, 3.63) is 77.4 Å². The lowest BCUT2D eigenvalue weighted by molar-refractivity contribution is -0.121. The number of H-pyrrole nitrogens is 2. The molecule has 4 aromatic rings. The number of amides is 3. The third-order valence-electron chi connectivity index (χ3n) is 6.43. The zero-order chi connectivity index (χ0) is 29.4. The van der Waals surface area contributed by atoms with Crippen LogP contribution in [0.25, 0.3) is 22.2 Å². The number of methoxy groups -OCH3 is 1. The normalized spacial score (nSPS) is 12.7. The first-order valence-electron chi connectivity index (χ1n) is 13.0. The zero-order valence-corrected chi connectivity index (χ0v) is 23.3. The molecule has 0 aliphatic rings. The average molecular weight is 579 g/mol. The van der Waals surface area contributed by atoms with Crippen LogP contribution in [0.15, 0.2) is 60.9 Å². The highest BCUT2D eigenvalue weighted by Crippen LogP contribution is 2.31. The van der Waals surface area contributed by atoms with E-state index in [-0.39, 0.29) is 12.3 Å². The maximum absolute atomic E-state index is 13.2. The monoisotopic (exact) mass is 578 g/mol. The Bertz CT molecular complexity index is 1560. The molecule has 1 unspecified atom stereocenters. The zero-order valence-electron chi connectivity index (χ0n) is 22.5. The first kappa shape index (κ1) is 29.4. The molecule has 0 fully saturated rings. The van der Waals surface area contributed by atoms with Crippen LogP contribution in [0.5, 0.6) is 0 Å². The van der Waals surface area contributed by atoms with Crippen molar-refractivity contribution in [1.29, 1.82) is 0 Å². The van der Waals surface area contributed by atoms with Gasteiger partial charge in [0.2, 0.25) is 12.3 Å². The molecule has 4 rings (SSSR count). The standard InChI is InChI=1S/C29H31ClN6O5/c1-3-20(38)5-4-6-24(35-27(39)11-17-14-31-23-10-7-18(30)12-22(17)23)28-32-15-26(36-28)21-9-8-19(34-29(40)41-2)13-25(21)33-16-37/h4-5,7-10,12-16,20,24,31,38H,3,6,11H2,1-2H3,(H,32,36)(H,33,37)(H,34,40)(H,35,39)/b5-4+/t20?,24-/m0/s1. The minimum atomic E-state index is -0.646. The molecule has 0 radical (unpaired) electrons. The lowest BCUT2D eigenvalue weighted by Gasteiger charge is -2.15. The van der Waals surface area contributed by atoms with Crippen molar-refractivity contribution in [2.45, 2.75) is 38.3 Å². The molecular weight excluding hydrogens is 548 g/mol. The number of hydrogen-bond donors (Lipinski definition) is 6. The second-order valence-corrected chi connectivity index (χ2v) is 9.69. The summed E-state index contributed by atoms with van der Waals surface area (Å²) in [5.74, 6) is 0.264. The van der Waals surface area contributed by atoms with Gasteiger partial charge in [-0.1, -0.05) is 30.7 Å². The Kier molecular flexibility index (Phi) is 9.77. The van der Waals surface area contributed by atoms with Gasteiger partial charge < -0.3 is 30.4 Å². The molecule has 11 nitrogen and oxygen atoms in total. The molecule has 214 valence electrons. The van der Waals surface area contributed by atoms with Gasteiger partial charge in [0.1, 0.15) is 5.82 Å². The van der Waals surface area contributed by atoms with E-state index < -0.39 is 18.2 Å². The number of carbonyl (C=O) groups excluding carboxylic acids is 3. The van der Waals surface area contributed by atoms with Crippen LogP contribution in [0.2, 0.25) is 5.02 Å². The number of halogens is 1. The molecule has 2 aromatic carbocycles. The smallest absolute Gasteiger partial charge is 0.411 e. The van der Waals surface area contributed by atoms with Crippen LogP contribution in [0, 0.1) is 0 Å². The highest BCUT2D eigenvalue weighted by Gasteiger charge is 2.20. The van der Waals surface area contributed by atoms with Gasteiger partial charge in [-0.15, -0.1) is 0 Å². The van der Waals surface area contributed by atoms with Crippen molar-refractivity contribution >= 4 is 52.3 Å². The maximum Gasteiger partial charge on any atom is 0.411 e. The van der Waals surface area contributed by atoms with Gasteiger partial charge in [-0.25, -0.2) is 9.78 Å². The molecule has 12 heteroatoms. The number of benzene rings is 2. The van der Waals surface area contributed by atoms with Crippen LogP contribution >= 0.6 is 11.6 Å². The van der Waals surface area contributed by atoms with Crippen LogP contribution in [-0.4, -0.2) is 51.7 Å². The molecule has 0 aliphatic heterocycles. The molecule has 2 atom stereocenters. The summed E-state index contributed by atoms with van der Waals surface area (Å²) in [6.45, 7) is 1.87. The number of hydrogen-bond acceptors (Lipinski definition) is 6. The van der Waals surface area contributed by atoms with Crippen molar-refractivity contribution < 1.29 is 24.2 Å². The van der Waals surface area contributed by atoms with Gasteiger partial charge in [0, 0.05) is 39.6 Å². The van der Waals surface area contributed by atoms with E-state index in [2.05, 4.69) is 30.7 Å². The molecule has 0 saturated heterocycles. The van der Waals surface area contributed by atoms with Gasteiger partial charge in [-0.05, 0) is 54.8 Å². The summed E-state index contributed by atoms with van der Waals surface area (Å²) < 4.78 is 4.62. The SMILES string of the molecule is CCC(O)/C=C/C[C@H](NC(=O)Cc1c[nH]c2ccc(Cl)cc12)c1nc(-c2ccc(NC(=O)OC)cc2NC=O)c[nH]1. The number of fused-ring (bicyclic) bond motifs is 1. The fourth-order valence-corrected chi connectivity index (χ4v) is 4.48. The fourth-order valence-electron chi connectivity index (χ4n) is 4.31. The van der Waals surface area contributed by atoms with Gasteiger partial charge in [-0.3, -0.25) is 14.9 Å². The number of anilines is 2. The van der Waals surface area contributed by atoms with E-state index in [4.69, 9.17) is 16.6 Å². The Hall–Kier alpha value is -4.61. The third-order valence-corrected chi connectivity index (χ3v) is 6.67. The number of imidazole rings is 1. The molecule has 2 aromatic heterocycles. The minimum Gasteiger partial charge on any atom is -0.453 e. The van der Waals surface area contributed by atoms with Gasteiger partial charge in [0.05, 0.1) is 37.1 Å². The summed E-state index contributed by atoms with van der Waals surface area (Å²) in [6.07, 6.45) is 7.29. The Balaban J connectivity index is 1.58. The molecule has 0 bridgehead atoms. The number of nitrogens with zero attached hydrogens (tertiary/aromatic N) is 1. The number of aromatic amines is 2. The van der Waals surface area contributed by atoms with E-state index in [0.717, 1.165) is 16.5 Å². The third kappa shape index (κ3) is 7.53. The second-order valence-electron chi connectivity index (χ2n) is 9.25. The summed E-state index contributed by atoms with van der Waals surface area (Å²) in [6, 6.07) is 9.86. The number of rotatable bonds is 12. The van der Waals surface area contributed by atoms with E-state index in [9.17, 15) is 19.5 Å².